The van der Waals surface area contributed by atoms with E-state index in [9.17, 15) is 0 Å². The SMILES string of the molecule is c1ccc(-c2cccc(-c3ccc(C4=NC(c5cccc(-n6c7ccccc7c7ccccc76)c5)NC(c5cccc(-n6c7ccccc7c7ccccc76)c5)N4)cc3)c2)cc1. The van der Waals surface area contributed by atoms with Gasteiger partial charge in [-0.25, -0.2) is 4.99 Å². The Morgan fingerprint density at radius 1 is 0.339 bits per heavy atom. The van der Waals surface area contributed by atoms with Crippen LogP contribution >= 0.6 is 0 Å². The zero-order valence-corrected chi connectivity index (χ0v) is 33.9. The fourth-order valence-corrected chi connectivity index (χ4v) is 9.46. The van der Waals surface area contributed by atoms with Gasteiger partial charge in [-0.1, -0.05) is 170 Å². The van der Waals surface area contributed by atoms with Crippen LogP contribution in [-0.4, -0.2) is 15.0 Å². The van der Waals surface area contributed by atoms with Crippen molar-refractivity contribution in [2.75, 3.05) is 0 Å². The van der Waals surface area contributed by atoms with Gasteiger partial charge in [-0.2, -0.15) is 0 Å². The number of fused-ring (bicyclic) bond motifs is 6. The number of para-hydroxylation sites is 4. The Morgan fingerprint density at radius 2 is 0.758 bits per heavy atom. The van der Waals surface area contributed by atoms with Gasteiger partial charge in [-0.3, -0.25) is 5.32 Å². The molecule has 294 valence electrons. The lowest BCUT2D eigenvalue weighted by Gasteiger charge is -2.32. The number of hydrogen-bond acceptors (Lipinski definition) is 3. The summed E-state index contributed by atoms with van der Waals surface area (Å²) in [4.78, 5) is 5.44. The first-order chi connectivity index (χ1) is 30.7. The number of aliphatic imine (C=N–C) groups is 1. The van der Waals surface area contributed by atoms with Gasteiger partial charge in [-0.15, -0.1) is 0 Å². The number of rotatable bonds is 7. The molecular weight excluding hydrogens is 755 g/mol. The van der Waals surface area contributed by atoms with Crippen LogP contribution in [-0.2, 0) is 0 Å². The van der Waals surface area contributed by atoms with Gasteiger partial charge < -0.3 is 14.5 Å². The summed E-state index contributed by atoms with van der Waals surface area (Å²) in [5, 5.41) is 12.7. The molecule has 5 nitrogen and oxygen atoms in total. The molecule has 9 aromatic carbocycles. The van der Waals surface area contributed by atoms with Gasteiger partial charge in [0.05, 0.1) is 22.1 Å². The van der Waals surface area contributed by atoms with E-state index in [4.69, 9.17) is 4.99 Å². The van der Waals surface area contributed by atoms with Crippen LogP contribution in [0, 0.1) is 0 Å². The number of hydrogen-bond donors (Lipinski definition) is 2. The molecule has 2 atom stereocenters. The molecule has 2 aromatic heterocycles. The fraction of sp³-hybridized carbons (Fsp3) is 0.0351. The molecule has 62 heavy (non-hydrogen) atoms. The summed E-state index contributed by atoms with van der Waals surface area (Å²) in [6, 6.07) is 80.5. The van der Waals surface area contributed by atoms with Gasteiger partial charge in [0.15, 0.2) is 0 Å². The third-order valence-corrected chi connectivity index (χ3v) is 12.4. The average molecular weight is 796 g/mol. The van der Waals surface area contributed by atoms with Crippen molar-refractivity contribution in [3.8, 4) is 33.6 Å². The van der Waals surface area contributed by atoms with E-state index in [0.29, 0.717) is 0 Å². The van der Waals surface area contributed by atoms with Crippen LogP contribution in [0.1, 0.15) is 29.0 Å². The normalized spacial score (nSPS) is 15.3. The zero-order chi connectivity index (χ0) is 41.0. The average Bonchev–Trinajstić information content (AvgIpc) is 3.87. The van der Waals surface area contributed by atoms with Gasteiger partial charge in [0, 0.05) is 38.5 Å². The third kappa shape index (κ3) is 6.18. The molecule has 3 heterocycles. The Kier molecular flexibility index (Phi) is 8.65. The van der Waals surface area contributed by atoms with Crippen LogP contribution < -0.4 is 10.6 Å². The van der Waals surface area contributed by atoms with E-state index in [2.05, 4.69) is 244 Å². The molecule has 0 saturated carbocycles. The van der Waals surface area contributed by atoms with Crippen LogP contribution in [0.5, 0.6) is 0 Å². The molecule has 0 aliphatic carbocycles. The molecule has 2 unspecified atom stereocenters. The molecule has 0 bridgehead atoms. The van der Waals surface area contributed by atoms with E-state index in [0.717, 1.165) is 39.5 Å². The second-order valence-electron chi connectivity index (χ2n) is 16.1. The highest BCUT2D eigenvalue weighted by Gasteiger charge is 2.27. The number of aromatic nitrogens is 2. The first-order valence-corrected chi connectivity index (χ1v) is 21.3. The maximum Gasteiger partial charge on any atom is 0.131 e. The topological polar surface area (TPSA) is 46.3 Å². The second kappa shape index (κ2) is 14.9. The standard InChI is InChI=1S/C57H41N5/c1-2-15-38(16-3-1)41-17-12-18-42(35-41)39-31-33-40(34-32-39)55-58-56(43-19-13-21-45(36-43)61-51-27-8-4-23-47(51)48-24-5-9-28-52(48)61)60-57(59-55)44-20-14-22-46(37-44)62-53-29-10-6-25-49(53)50-26-7-11-30-54(50)62/h1-37,56-57,60H,(H,58,59). The van der Waals surface area contributed by atoms with Crippen molar-refractivity contribution < 1.29 is 0 Å². The minimum absolute atomic E-state index is 0.236. The number of nitrogens with zero attached hydrogens (tertiary/aromatic N) is 3. The molecule has 1 aliphatic rings. The highest BCUT2D eigenvalue weighted by Crippen LogP contribution is 2.36. The Bertz CT molecular complexity index is 3380. The van der Waals surface area contributed by atoms with E-state index in [-0.39, 0.29) is 12.3 Å². The zero-order valence-electron chi connectivity index (χ0n) is 33.9. The van der Waals surface area contributed by atoms with Crippen LogP contribution in [0.4, 0.5) is 0 Å². The fourth-order valence-electron chi connectivity index (χ4n) is 9.46. The van der Waals surface area contributed by atoms with E-state index in [1.54, 1.807) is 0 Å². The summed E-state index contributed by atoms with van der Waals surface area (Å²) < 4.78 is 4.75. The van der Waals surface area contributed by atoms with Crippen molar-refractivity contribution >= 4 is 49.4 Å². The van der Waals surface area contributed by atoms with Crippen LogP contribution in [0.25, 0.3) is 77.2 Å². The van der Waals surface area contributed by atoms with Crippen LogP contribution in [0.3, 0.4) is 0 Å². The lowest BCUT2D eigenvalue weighted by Crippen LogP contribution is -2.45. The maximum absolute atomic E-state index is 5.44. The van der Waals surface area contributed by atoms with Crippen molar-refractivity contribution in [1.82, 2.24) is 19.8 Å². The van der Waals surface area contributed by atoms with Gasteiger partial charge >= 0.3 is 0 Å². The highest BCUT2D eigenvalue weighted by molar-refractivity contribution is 6.10. The molecular formula is C57H41N5. The summed E-state index contributed by atoms with van der Waals surface area (Å²) in [6.45, 7) is 0. The van der Waals surface area contributed by atoms with E-state index in [1.165, 1.54) is 60.3 Å². The molecule has 0 saturated heterocycles. The predicted molar refractivity (Wildman–Crippen MR) is 257 cm³/mol. The molecule has 5 heteroatoms. The summed E-state index contributed by atoms with van der Waals surface area (Å²) in [5.74, 6) is 0.841. The molecule has 1 aliphatic heterocycles. The smallest absolute Gasteiger partial charge is 0.131 e. The van der Waals surface area contributed by atoms with Crippen molar-refractivity contribution in [3.63, 3.8) is 0 Å². The number of benzene rings is 9. The van der Waals surface area contributed by atoms with Crippen molar-refractivity contribution in [2.45, 2.75) is 12.3 Å². The monoisotopic (exact) mass is 795 g/mol. The molecule has 0 amide bonds. The maximum atomic E-state index is 5.44. The quantitative estimate of drug-likeness (QED) is 0.169. The minimum atomic E-state index is -0.330. The summed E-state index contributed by atoms with van der Waals surface area (Å²) >= 11 is 0. The summed E-state index contributed by atoms with van der Waals surface area (Å²) in [5.41, 5.74) is 14.9. The lowest BCUT2D eigenvalue weighted by molar-refractivity contribution is 0.409. The van der Waals surface area contributed by atoms with Crippen molar-refractivity contribution in [2.24, 2.45) is 4.99 Å². The van der Waals surface area contributed by atoms with Gasteiger partial charge in [0.2, 0.25) is 0 Å². The molecule has 12 rings (SSSR count). The Hall–Kier alpha value is -7.99. The first kappa shape index (κ1) is 35.9. The Morgan fingerprint density at radius 3 is 1.31 bits per heavy atom. The summed E-state index contributed by atoms with van der Waals surface area (Å²) in [7, 11) is 0. The molecule has 0 spiro atoms. The summed E-state index contributed by atoms with van der Waals surface area (Å²) in [6.07, 6.45) is -0.567. The Labute approximate surface area is 359 Å². The van der Waals surface area contributed by atoms with Crippen molar-refractivity contribution in [3.05, 3.63) is 241 Å². The molecule has 0 fully saturated rings. The van der Waals surface area contributed by atoms with E-state index in [1.807, 2.05) is 0 Å². The van der Waals surface area contributed by atoms with E-state index >= 15 is 0 Å². The Balaban J connectivity index is 0.954. The largest absolute Gasteiger partial charge is 0.350 e. The molecule has 2 N–H and O–H groups in total. The number of nitrogens with one attached hydrogen (secondary N) is 2. The highest BCUT2D eigenvalue weighted by atomic mass is 15.3. The first-order valence-electron chi connectivity index (χ1n) is 21.3. The van der Waals surface area contributed by atoms with Gasteiger partial charge in [0.25, 0.3) is 0 Å². The predicted octanol–water partition coefficient (Wildman–Crippen LogP) is 13.6. The van der Waals surface area contributed by atoms with Gasteiger partial charge in [-0.05, 0) is 88.0 Å². The minimum Gasteiger partial charge on any atom is -0.350 e. The number of amidine groups is 1. The molecule has 11 aromatic rings. The lowest BCUT2D eigenvalue weighted by atomic mass is 9.98. The second-order valence-corrected chi connectivity index (χ2v) is 16.1. The van der Waals surface area contributed by atoms with E-state index < -0.39 is 0 Å². The van der Waals surface area contributed by atoms with Gasteiger partial charge in [0.1, 0.15) is 18.2 Å². The van der Waals surface area contributed by atoms with Crippen molar-refractivity contribution in [1.29, 1.82) is 0 Å². The third-order valence-electron chi connectivity index (χ3n) is 12.4. The molecule has 0 radical (unpaired) electrons. The van der Waals surface area contributed by atoms with Crippen LogP contribution in [0.15, 0.2) is 229 Å². The van der Waals surface area contributed by atoms with Crippen LogP contribution in [0.2, 0.25) is 0 Å².